The third-order valence-electron chi connectivity index (χ3n) is 2.51. The zero-order valence-electron chi connectivity index (χ0n) is 11.3. The number of hydrogen-bond acceptors (Lipinski definition) is 5. The number of rotatable bonds is 4. The Morgan fingerprint density at radius 1 is 1.18 bits per heavy atom. The highest BCUT2D eigenvalue weighted by Gasteiger charge is 2.19. The van der Waals surface area contributed by atoms with Gasteiger partial charge in [0.25, 0.3) is 15.6 Å². The lowest BCUT2D eigenvalue weighted by atomic mass is 10.3. The van der Waals surface area contributed by atoms with Crippen LogP contribution in [0.25, 0.3) is 0 Å². The van der Waals surface area contributed by atoms with Gasteiger partial charge in [-0.25, -0.2) is 13.2 Å². The van der Waals surface area contributed by atoms with E-state index in [-0.39, 0.29) is 11.6 Å². The fourth-order valence-electron chi connectivity index (χ4n) is 1.67. The second-order valence-corrected chi connectivity index (χ2v) is 5.95. The van der Waals surface area contributed by atoms with Crippen LogP contribution in [0.5, 0.6) is 0 Å². The number of benzene rings is 1. The summed E-state index contributed by atoms with van der Waals surface area (Å²) in [5.74, 6) is -0.308. The van der Waals surface area contributed by atoms with Crippen molar-refractivity contribution < 1.29 is 13.2 Å². The zero-order chi connectivity index (χ0) is 16.3. The fourth-order valence-corrected chi connectivity index (χ4v) is 2.73. The summed E-state index contributed by atoms with van der Waals surface area (Å²) in [4.78, 5) is 36.7. The smallest absolute Gasteiger partial charge is 0.325 e. The summed E-state index contributed by atoms with van der Waals surface area (Å²) < 4.78 is 26.4. The third-order valence-corrected chi connectivity index (χ3v) is 3.90. The maximum atomic E-state index is 12.1. The number of carbonyl (C=O) groups is 1. The highest BCUT2D eigenvalue weighted by atomic mass is 32.2. The summed E-state index contributed by atoms with van der Waals surface area (Å²) >= 11 is 0. The molecule has 0 radical (unpaired) electrons. The van der Waals surface area contributed by atoms with E-state index >= 15 is 0 Å². The molecule has 4 N–H and O–H groups in total. The minimum atomic E-state index is -4.18. The zero-order valence-corrected chi connectivity index (χ0v) is 12.2. The first kappa shape index (κ1) is 15.5. The molecule has 10 heteroatoms. The minimum absolute atomic E-state index is 0.150. The van der Waals surface area contributed by atoms with Gasteiger partial charge in [-0.2, -0.15) is 0 Å². The Morgan fingerprint density at radius 2 is 1.86 bits per heavy atom. The van der Waals surface area contributed by atoms with Gasteiger partial charge in [-0.05, 0) is 18.2 Å². The summed E-state index contributed by atoms with van der Waals surface area (Å²) in [6, 6.07) is 5.94. The van der Waals surface area contributed by atoms with Crippen LogP contribution in [0.1, 0.15) is 6.92 Å². The van der Waals surface area contributed by atoms with Gasteiger partial charge in [-0.3, -0.25) is 19.3 Å². The number of aromatic amines is 2. The SMILES string of the molecule is CC(=O)Nc1cccc(NS(=O)(=O)c2c[nH]c(=O)[nH]c2=O)c1. The number of aromatic nitrogens is 2. The number of nitrogens with one attached hydrogen (secondary N) is 4. The number of hydrogen-bond donors (Lipinski definition) is 4. The number of amides is 1. The van der Waals surface area contributed by atoms with E-state index < -0.39 is 26.2 Å². The molecule has 9 nitrogen and oxygen atoms in total. The molecule has 0 saturated carbocycles. The second kappa shape index (κ2) is 5.85. The fraction of sp³-hybridized carbons (Fsp3) is 0.0833. The van der Waals surface area contributed by atoms with Crippen LogP contribution in [0.15, 0.2) is 44.9 Å². The molecule has 0 aliphatic rings. The molecule has 0 aliphatic carbocycles. The van der Waals surface area contributed by atoms with Crippen LogP contribution in [-0.2, 0) is 14.8 Å². The van der Waals surface area contributed by atoms with Gasteiger partial charge in [0.15, 0.2) is 4.90 Å². The van der Waals surface area contributed by atoms with E-state index in [1.807, 2.05) is 4.98 Å². The predicted octanol–water partition coefficient (Wildman–Crippen LogP) is -0.178. The molecule has 2 rings (SSSR count). The van der Waals surface area contributed by atoms with Crippen molar-refractivity contribution >= 4 is 27.3 Å². The Hall–Kier alpha value is -2.88. The number of sulfonamides is 1. The minimum Gasteiger partial charge on any atom is -0.326 e. The van der Waals surface area contributed by atoms with Gasteiger partial charge >= 0.3 is 5.69 Å². The van der Waals surface area contributed by atoms with Crippen molar-refractivity contribution in [1.82, 2.24) is 9.97 Å². The molecule has 0 spiro atoms. The second-order valence-electron chi connectivity index (χ2n) is 4.30. The van der Waals surface area contributed by atoms with E-state index in [1.165, 1.54) is 25.1 Å². The van der Waals surface area contributed by atoms with Crippen molar-refractivity contribution in [3.63, 3.8) is 0 Å². The maximum absolute atomic E-state index is 12.1. The van der Waals surface area contributed by atoms with Crippen LogP contribution in [0.3, 0.4) is 0 Å². The summed E-state index contributed by atoms with van der Waals surface area (Å²) in [7, 11) is -4.18. The molecule has 0 bridgehead atoms. The summed E-state index contributed by atoms with van der Waals surface area (Å²) in [6.45, 7) is 1.32. The van der Waals surface area contributed by atoms with Gasteiger partial charge in [-0.1, -0.05) is 6.07 Å². The Balaban J connectivity index is 2.34. The first-order chi connectivity index (χ1) is 10.3. The van der Waals surface area contributed by atoms with Crippen LogP contribution in [0.2, 0.25) is 0 Å². The molecule has 116 valence electrons. The molecule has 0 aliphatic heterocycles. The molecular formula is C12H12N4O5S. The number of carbonyl (C=O) groups excluding carboxylic acids is 1. The standard InChI is InChI=1S/C12H12N4O5S/c1-7(17)14-8-3-2-4-9(5-8)16-22(20,21)10-6-13-12(19)15-11(10)18/h2-6,16H,1H3,(H,14,17)(H2,13,15,18,19). The summed E-state index contributed by atoms with van der Waals surface area (Å²) in [5.41, 5.74) is -1.30. The van der Waals surface area contributed by atoms with Crippen molar-refractivity contribution in [2.24, 2.45) is 0 Å². The lowest BCUT2D eigenvalue weighted by Gasteiger charge is -2.09. The van der Waals surface area contributed by atoms with Crippen molar-refractivity contribution in [3.05, 3.63) is 51.3 Å². The molecule has 0 saturated heterocycles. The highest BCUT2D eigenvalue weighted by Crippen LogP contribution is 2.17. The largest absolute Gasteiger partial charge is 0.326 e. The van der Waals surface area contributed by atoms with Crippen LogP contribution >= 0.6 is 0 Å². The molecule has 1 aromatic carbocycles. The Labute approximate surface area is 124 Å². The average Bonchev–Trinajstić information content (AvgIpc) is 2.36. The first-order valence-corrected chi connectivity index (χ1v) is 7.49. The van der Waals surface area contributed by atoms with Crippen molar-refractivity contribution in [2.45, 2.75) is 11.8 Å². The Kier molecular flexibility index (Phi) is 4.13. The van der Waals surface area contributed by atoms with E-state index in [1.54, 1.807) is 6.07 Å². The van der Waals surface area contributed by atoms with E-state index in [0.29, 0.717) is 5.69 Å². The topological polar surface area (TPSA) is 141 Å². The van der Waals surface area contributed by atoms with Crippen LogP contribution in [-0.4, -0.2) is 24.3 Å². The van der Waals surface area contributed by atoms with E-state index in [0.717, 1.165) is 6.20 Å². The van der Waals surface area contributed by atoms with E-state index in [9.17, 15) is 22.8 Å². The first-order valence-electron chi connectivity index (χ1n) is 6.00. The van der Waals surface area contributed by atoms with Gasteiger partial charge in [0.2, 0.25) is 5.91 Å². The molecular weight excluding hydrogens is 312 g/mol. The van der Waals surface area contributed by atoms with E-state index in [2.05, 4.69) is 15.0 Å². The van der Waals surface area contributed by atoms with Crippen molar-refractivity contribution in [3.8, 4) is 0 Å². The van der Waals surface area contributed by atoms with Crippen molar-refractivity contribution in [2.75, 3.05) is 10.0 Å². The lowest BCUT2D eigenvalue weighted by Crippen LogP contribution is -2.29. The van der Waals surface area contributed by atoms with Crippen LogP contribution in [0, 0.1) is 0 Å². The summed E-state index contributed by atoms with van der Waals surface area (Å²) in [5, 5.41) is 2.50. The lowest BCUT2D eigenvalue weighted by molar-refractivity contribution is -0.114. The third kappa shape index (κ3) is 3.61. The maximum Gasteiger partial charge on any atom is 0.325 e. The van der Waals surface area contributed by atoms with Crippen LogP contribution in [0.4, 0.5) is 11.4 Å². The monoisotopic (exact) mass is 324 g/mol. The highest BCUT2D eigenvalue weighted by molar-refractivity contribution is 7.92. The van der Waals surface area contributed by atoms with Gasteiger partial charge in [-0.15, -0.1) is 0 Å². The molecule has 0 fully saturated rings. The molecule has 1 amide bonds. The number of anilines is 2. The van der Waals surface area contributed by atoms with E-state index in [4.69, 9.17) is 0 Å². The molecule has 0 atom stereocenters. The van der Waals surface area contributed by atoms with Gasteiger partial charge in [0, 0.05) is 18.8 Å². The normalized spacial score (nSPS) is 11.0. The van der Waals surface area contributed by atoms with Gasteiger partial charge in [0.05, 0.1) is 5.69 Å². The molecule has 1 aromatic heterocycles. The quantitative estimate of drug-likeness (QED) is 0.617. The predicted molar refractivity (Wildman–Crippen MR) is 79.2 cm³/mol. The summed E-state index contributed by atoms with van der Waals surface area (Å²) in [6.07, 6.45) is 0.807. The Bertz CT molecular complexity index is 929. The molecule has 2 aromatic rings. The van der Waals surface area contributed by atoms with Gasteiger partial charge < -0.3 is 10.3 Å². The van der Waals surface area contributed by atoms with Crippen LogP contribution < -0.4 is 21.3 Å². The van der Waals surface area contributed by atoms with Crippen molar-refractivity contribution in [1.29, 1.82) is 0 Å². The Morgan fingerprint density at radius 3 is 2.50 bits per heavy atom. The number of H-pyrrole nitrogens is 2. The molecule has 1 heterocycles. The van der Waals surface area contributed by atoms with Gasteiger partial charge in [0.1, 0.15) is 0 Å². The molecule has 22 heavy (non-hydrogen) atoms. The molecule has 0 unspecified atom stereocenters. The average molecular weight is 324 g/mol.